The lowest BCUT2D eigenvalue weighted by molar-refractivity contribution is -0.137. The van der Waals surface area contributed by atoms with E-state index in [1.165, 1.54) is 36.4 Å². The summed E-state index contributed by atoms with van der Waals surface area (Å²) >= 11 is 0.979. The molecular weight excluding hydrogens is 398 g/mol. The van der Waals surface area contributed by atoms with Crippen LogP contribution in [0.4, 0.5) is 28.9 Å². The second-order valence-electron chi connectivity index (χ2n) is 5.78. The third kappa shape index (κ3) is 4.89. The first-order chi connectivity index (χ1) is 13.2. The van der Waals surface area contributed by atoms with Crippen LogP contribution in [0.15, 0.2) is 53.5 Å². The lowest BCUT2D eigenvalue weighted by Crippen LogP contribution is -2.28. The predicted octanol–water partition coefficient (Wildman–Crippen LogP) is 4.09. The van der Waals surface area contributed by atoms with Gasteiger partial charge in [-0.05, 0) is 36.4 Å². The summed E-state index contributed by atoms with van der Waals surface area (Å²) in [6.45, 7) is 0. The molecule has 28 heavy (non-hydrogen) atoms. The van der Waals surface area contributed by atoms with Gasteiger partial charge in [-0.25, -0.2) is 9.38 Å². The Morgan fingerprint density at radius 3 is 2.50 bits per heavy atom. The number of halogens is 4. The Morgan fingerprint density at radius 1 is 1.14 bits per heavy atom. The van der Waals surface area contributed by atoms with Gasteiger partial charge in [0.05, 0.1) is 16.9 Å². The van der Waals surface area contributed by atoms with Crippen LogP contribution < -0.4 is 10.6 Å². The number of amides is 2. The number of rotatable bonds is 4. The molecule has 1 fully saturated rings. The first kappa shape index (κ1) is 19.9. The highest BCUT2D eigenvalue weighted by Crippen LogP contribution is 2.35. The number of benzene rings is 2. The van der Waals surface area contributed by atoms with Crippen molar-refractivity contribution in [2.24, 2.45) is 4.99 Å². The average Bonchev–Trinajstić information content (AvgIpc) is 2.95. The molecule has 0 saturated carbocycles. The molecule has 3 rings (SSSR count). The minimum absolute atomic E-state index is 0.227. The van der Waals surface area contributed by atoms with Crippen LogP contribution in [-0.2, 0) is 15.8 Å². The van der Waals surface area contributed by atoms with Crippen LogP contribution in [0.5, 0.6) is 0 Å². The quantitative estimate of drug-likeness (QED) is 0.745. The van der Waals surface area contributed by atoms with Gasteiger partial charge in [0.15, 0.2) is 5.17 Å². The van der Waals surface area contributed by atoms with Crippen LogP contribution in [0.3, 0.4) is 0 Å². The summed E-state index contributed by atoms with van der Waals surface area (Å²) < 4.78 is 51.9. The van der Waals surface area contributed by atoms with Crippen LogP contribution in [-0.4, -0.2) is 22.2 Å². The second kappa shape index (κ2) is 8.01. The zero-order valence-electron chi connectivity index (χ0n) is 14.1. The zero-order valence-corrected chi connectivity index (χ0v) is 14.9. The second-order valence-corrected chi connectivity index (χ2v) is 6.98. The number of carbonyl (C=O) groups is 2. The fourth-order valence-corrected chi connectivity index (χ4v) is 3.42. The monoisotopic (exact) mass is 411 g/mol. The number of nitrogens with one attached hydrogen (secondary N) is 2. The molecule has 0 unspecified atom stereocenters. The number of anilines is 1. The Balaban J connectivity index is 1.65. The molecule has 0 bridgehead atoms. The summed E-state index contributed by atoms with van der Waals surface area (Å²) in [4.78, 5) is 28.3. The molecule has 2 N–H and O–H groups in total. The molecule has 2 amide bonds. The summed E-state index contributed by atoms with van der Waals surface area (Å²) in [7, 11) is 0. The zero-order chi connectivity index (χ0) is 20.3. The van der Waals surface area contributed by atoms with E-state index in [1.807, 2.05) is 0 Å². The van der Waals surface area contributed by atoms with E-state index < -0.39 is 34.6 Å². The lowest BCUT2D eigenvalue weighted by atomic mass is 10.1. The molecule has 1 saturated heterocycles. The molecular formula is C18H13F4N3O2S. The Labute approximate surface area is 161 Å². The number of amidine groups is 1. The molecule has 10 heteroatoms. The van der Waals surface area contributed by atoms with E-state index in [0.717, 1.165) is 23.9 Å². The van der Waals surface area contributed by atoms with Gasteiger partial charge in [-0.15, -0.1) is 0 Å². The summed E-state index contributed by atoms with van der Waals surface area (Å²) in [6, 6.07) is 9.86. The van der Waals surface area contributed by atoms with Crippen LogP contribution >= 0.6 is 11.8 Å². The third-order valence-corrected chi connectivity index (χ3v) is 4.79. The highest BCUT2D eigenvalue weighted by molar-refractivity contribution is 8.15. The Morgan fingerprint density at radius 2 is 1.82 bits per heavy atom. The van der Waals surface area contributed by atoms with Gasteiger partial charge < -0.3 is 10.6 Å². The molecule has 1 heterocycles. The molecule has 0 aliphatic carbocycles. The molecule has 5 nitrogen and oxygen atoms in total. The van der Waals surface area contributed by atoms with Crippen molar-refractivity contribution in [3.05, 3.63) is 59.9 Å². The Kier molecular flexibility index (Phi) is 5.68. The van der Waals surface area contributed by atoms with Gasteiger partial charge in [0, 0.05) is 6.42 Å². The molecule has 1 atom stereocenters. The Hall–Kier alpha value is -2.88. The van der Waals surface area contributed by atoms with Crippen LogP contribution in [0.2, 0.25) is 0 Å². The van der Waals surface area contributed by atoms with Crippen molar-refractivity contribution in [3.8, 4) is 0 Å². The van der Waals surface area contributed by atoms with E-state index in [9.17, 15) is 27.2 Å². The molecule has 2 aromatic carbocycles. The molecule has 1 aliphatic rings. The minimum Gasteiger partial charge on any atom is -0.325 e. The highest BCUT2D eigenvalue weighted by Gasteiger charge is 2.35. The number of para-hydroxylation sites is 1. The molecule has 0 radical (unpaired) electrons. The maximum absolute atomic E-state index is 13.0. The first-order valence-electron chi connectivity index (χ1n) is 8.00. The standard InChI is InChI=1S/C18H13F4N3O2S/c19-10-5-7-11(8-6-10)23-17-25-16(27)14(28-17)9-15(26)24-13-4-2-1-3-12(13)18(20,21)22/h1-8,14H,9H2,(H,24,26)(H,23,25,27)/t14-/m0/s1. The van der Waals surface area contributed by atoms with Crippen molar-refractivity contribution in [2.75, 3.05) is 5.32 Å². The summed E-state index contributed by atoms with van der Waals surface area (Å²) in [6.07, 6.45) is -4.94. The van der Waals surface area contributed by atoms with Gasteiger partial charge >= 0.3 is 6.18 Å². The normalized spacial score (nSPS) is 18.2. The topological polar surface area (TPSA) is 70.6 Å². The number of hydrogen-bond donors (Lipinski definition) is 2. The van der Waals surface area contributed by atoms with Crippen molar-refractivity contribution >= 4 is 40.1 Å². The number of aliphatic imine (C=N–C) groups is 1. The molecule has 2 aromatic rings. The maximum Gasteiger partial charge on any atom is 0.418 e. The van der Waals surface area contributed by atoms with Gasteiger partial charge in [-0.1, -0.05) is 23.9 Å². The van der Waals surface area contributed by atoms with Crippen molar-refractivity contribution in [2.45, 2.75) is 17.8 Å². The number of carbonyl (C=O) groups excluding carboxylic acids is 2. The first-order valence-corrected chi connectivity index (χ1v) is 8.88. The van der Waals surface area contributed by atoms with Gasteiger partial charge in [0.1, 0.15) is 11.1 Å². The molecule has 146 valence electrons. The van der Waals surface area contributed by atoms with E-state index in [2.05, 4.69) is 15.6 Å². The fourth-order valence-electron chi connectivity index (χ4n) is 2.43. The van der Waals surface area contributed by atoms with Crippen LogP contribution in [0.1, 0.15) is 12.0 Å². The highest BCUT2D eigenvalue weighted by atomic mass is 32.2. The number of thioether (sulfide) groups is 1. The largest absolute Gasteiger partial charge is 0.418 e. The maximum atomic E-state index is 13.0. The van der Waals surface area contributed by atoms with Gasteiger partial charge in [0.25, 0.3) is 0 Å². The number of hydrogen-bond acceptors (Lipinski definition) is 4. The van der Waals surface area contributed by atoms with E-state index in [-0.39, 0.29) is 17.3 Å². The Bertz CT molecular complexity index is 929. The fraction of sp³-hybridized carbons (Fsp3) is 0.167. The van der Waals surface area contributed by atoms with Crippen molar-refractivity contribution in [1.82, 2.24) is 5.32 Å². The van der Waals surface area contributed by atoms with Crippen molar-refractivity contribution in [1.29, 1.82) is 0 Å². The molecule has 0 spiro atoms. The third-order valence-electron chi connectivity index (χ3n) is 3.71. The SMILES string of the molecule is O=C(C[C@@H]1SC(=Nc2ccc(F)cc2)NC1=O)Nc1ccccc1C(F)(F)F. The van der Waals surface area contributed by atoms with Gasteiger partial charge in [-0.3, -0.25) is 9.59 Å². The van der Waals surface area contributed by atoms with E-state index in [1.54, 1.807) is 0 Å². The smallest absolute Gasteiger partial charge is 0.325 e. The van der Waals surface area contributed by atoms with E-state index in [4.69, 9.17) is 0 Å². The van der Waals surface area contributed by atoms with Crippen molar-refractivity contribution < 1.29 is 27.2 Å². The van der Waals surface area contributed by atoms with E-state index >= 15 is 0 Å². The number of alkyl halides is 3. The molecule has 0 aromatic heterocycles. The van der Waals surface area contributed by atoms with Gasteiger partial charge in [-0.2, -0.15) is 13.2 Å². The predicted molar refractivity (Wildman–Crippen MR) is 97.7 cm³/mol. The van der Waals surface area contributed by atoms with Crippen LogP contribution in [0, 0.1) is 5.82 Å². The summed E-state index contributed by atoms with van der Waals surface area (Å²) in [5, 5.41) is 4.08. The van der Waals surface area contributed by atoms with E-state index in [0.29, 0.717) is 5.69 Å². The van der Waals surface area contributed by atoms with Crippen molar-refractivity contribution in [3.63, 3.8) is 0 Å². The van der Waals surface area contributed by atoms with Crippen LogP contribution in [0.25, 0.3) is 0 Å². The lowest BCUT2D eigenvalue weighted by Gasteiger charge is -2.14. The average molecular weight is 411 g/mol. The molecule has 1 aliphatic heterocycles. The minimum atomic E-state index is -4.61. The number of nitrogens with zero attached hydrogens (tertiary/aromatic N) is 1. The summed E-state index contributed by atoms with van der Waals surface area (Å²) in [5.41, 5.74) is -0.928. The van der Waals surface area contributed by atoms with Gasteiger partial charge in [0.2, 0.25) is 11.8 Å². The summed E-state index contributed by atoms with van der Waals surface area (Å²) in [5.74, 6) is -1.64.